The smallest absolute Gasteiger partial charge is 0.133 e. The molecule has 1 unspecified atom stereocenters. The Kier molecular flexibility index (Phi) is 34.4. The van der Waals surface area contributed by atoms with Gasteiger partial charge in [-0.1, -0.05) is 158 Å². The molecule has 0 spiro atoms. The van der Waals surface area contributed by atoms with E-state index in [-0.39, 0.29) is 0 Å². The number of rotatable bonds is 33. The quantitative estimate of drug-likeness (QED) is 0.0545. The van der Waals surface area contributed by atoms with Crippen molar-refractivity contribution >= 4 is 5.78 Å². The first-order valence-electron chi connectivity index (χ1n) is 19.0. The molecule has 2 nitrogen and oxygen atoms in total. The van der Waals surface area contributed by atoms with Gasteiger partial charge in [-0.25, -0.2) is 0 Å². The monoisotopic (exact) mass is 610 g/mol. The average Bonchev–Trinajstić information content (AvgIpc) is 3.00. The van der Waals surface area contributed by atoms with Crippen molar-refractivity contribution in [3.63, 3.8) is 0 Å². The van der Waals surface area contributed by atoms with Crippen LogP contribution in [0.15, 0.2) is 60.8 Å². The Balaban J connectivity index is 4.04. The van der Waals surface area contributed by atoms with Crippen LogP contribution in [0.3, 0.4) is 0 Å². The molecule has 0 N–H and O–H groups in total. The molecule has 0 bridgehead atoms. The van der Waals surface area contributed by atoms with Crippen LogP contribution in [-0.4, -0.2) is 31.3 Å². The van der Waals surface area contributed by atoms with Gasteiger partial charge in [0.2, 0.25) is 0 Å². The normalized spacial score (nSPS) is 13.3. The number of hydrogen-bond acceptors (Lipinski definition) is 2. The lowest BCUT2D eigenvalue weighted by molar-refractivity contribution is -0.120. The molecule has 44 heavy (non-hydrogen) atoms. The topological polar surface area (TPSA) is 20.3 Å². The van der Waals surface area contributed by atoms with Gasteiger partial charge in [0, 0.05) is 12.8 Å². The SMILES string of the molecule is C/C=C\C/C=C\C/C=C\CCCCCCCCC(CCCCCCCC/C=C\C/C=C\CCCC)CC(=O)CCCN(C)C. The highest BCUT2D eigenvalue weighted by Crippen LogP contribution is 2.23. The van der Waals surface area contributed by atoms with Gasteiger partial charge in [-0.05, 0) is 91.3 Å². The number of nitrogens with zero attached hydrogens (tertiary/aromatic N) is 1. The van der Waals surface area contributed by atoms with Crippen molar-refractivity contribution in [3.05, 3.63) is 60.8 Å². The van der Waals surface area contributed by atoms with Crippen molar-refractivity contribution < 1.29 is 4.79 Å². The van der Waals surface area contributed by atoms with Gasteiger partial charge >= 0.3 is 0 Å². The largest absolute Gasteiger partial charge is 0.309 e. The molecule has 1 atom stereocenters. The van der Waals surface area contributed by atoms with Gasteiger partial charge < -0.3 is 4.90 Å². The standard InChI is InChI=1S/C42H75NO/c1-5-7-9-11-13-15-17-19-21-23-25-27-29-31-33-36-41(40-42(44)38-35-39-43(3)4)37-34-32-30-28-26-24-22-20-18-16-14-12-10-8-6-2/h5,7,11-14,17-20,41H,6,8-10,15-16,21-40H2,1-4H3/b7-5-,13-11-,14-12-,19-17-,20-18-. The Bertz CT molecular complexity index is 741. The zero-order chi connectivity index (χ0) is 32.2. The van der Waals surface area contributed by atoms with Gasteiger partial charge in [-0.2, -0.15) is 0 Å². The first kappa shape index (κ1) is 42.3. The van der Waals surface area contributed by atoms with Crippen LogP contribution < -0.4 is 0 Å². The van der Waals surface area contributed by atoms with Crippen LogP contribution in [0.1, 0.15) is 174 Å². The molecule has 0 aromatic rings. The number of unbranched alkanes of at least 4 members (excludes halogenated alkanes) is 14. The summed E-state index contributed by atoms with van der Waals surface area (Å²) in [6.07, 6.45) is 53.4. The summed E-state index contributed by atoms with van der Waals surface area (Å²) in [6, 6.07) is 0. The molecule has 0 aromatic carbocycles. The third-order valence-corrected chi connectivity index (χ3v) is 8.49. The maximum atomic E-state index is 12.7. The number of carbonyl (C=O) groups excluding carboxylic acids is 1. The number of allylic oxidation sites excluding steroid dienone is 10. The van der Waals surface area contributed by atoms with E-state index in [9.17, 15) is 4.79 Å². The molecule has 0 radical (unpaired) electrons. The molecule has 0 aliphatic rings. The Morgan fingerprint density at radius 1 is 0.545 bits per heavy atom. The Morgan fingerprint density at radius 2 is 0.977 bits per heavy atom. The molecule has 0 heterocycles. The summed E-state index contributed by atoms with van der Waals surface area (Å²) in [6.45, 7) is 5.34. The third-order valence-electron chi connectivity index (χ3n) is 8.49. The van der Waals surface area contributed by atoms with Crippen molar-refractivity contribution in [2.24, 2.45) is 5.92 Å². The second kappa shape index (κ2) is 35.8. The Hall–Kier alpha value is -1.67. The fraction of sp³-hybridized carbons (Fsp3) is 0.738. The van der Waals surface area contributed by atoms with E-state index in [0.29, 0.717) is 11.7 Å². The van der Waals surface area contributed by atoms with E-state index in [0.717, 1.165) is 45.1 Å². The van der Waals surface area contributed by atoms with Crippen LogP contribution in [0, 0.1) is 5.92 Å². The van der Waals surface area contributed by atoms with Crippen LogP contribution in [0.4, 0.5) is 0 Å². The van der Waals surface area contributed by atoms with Crippen molar-refractivity contribution in [2.45, 2.75) is 174 Å². The first-order valence-corrected chi connectivity index (χ1v) is 19.0. The molecular formula is C42H75NO. The fourth-order valence-electron chi connectivity index (χ4n) is 5.70. The lowest BCUT2D eigenvalue weighted by atomic mass is 9.89. The van der Waals surface area contributed by atoms with Crippen molar-refractivity contribution in [1.82, 2.24) is 4.90 Å². The molecule has 0 aliphatic carbocycles. The van der Waals surface area contributed by atoms with E-state index >= 15 is 0 Å². The van der Waals surface area contributed by atoms with Gasteiger partial charge in [-0.15, -0.1) is 0 Å². The molecule has 0 aromatic heterocycles. The predicted octanol–water partition coefficient (Wildman–Crippen LogP) is 13.3. The number of hydrogen-bond donors (Lipinski definition) is 0. The fourth-order valence-corrected chi connectivity index (χ4v) is 5.70. The predicted molar refractivity (Wildman–Crippen MR) is 200 cm³/mol. The summed E-state index contributed by atoms with van der Waals surface area (Å²) < 4.78 is 0. The zero-order valence-corrected chi connectivity index (χ0v) is 30.1. The summed E-state index contributed by atoms with van der Waals surface area (Å²) in [5.74, 6) is 1.11. The lowest BCUT2D eigenvalue weighted by Gasteiger charge is -2.17. The van der Waals surface area contributed by atoms with E-state index in [2.05, 4.69) is 93.6 Å². The second-order valence-electron chi connectivity index (χ2n) is 13.2. The van der Waals surface area contributed by atoms with Crippen LogP contribution in [-0.2, 0) is 4.79 Å². The highest BCUT2D eigenvalue weighted by atomic mass is 16.1. The van der Waals surface area contributed by atoms with Crippen molar-refractivity contribution in [2.75, 3.05) is 20.6 Å². The summed E-state index contributed by atoms with van der Waals surface area (Å²) in [5.41, 5.74) is 0. The van der Waals surface area contributed by atoms with Gasteiger partial charge in [0.05, 0.1) is 0 Å². The van der Waals surface area contributed by atoms with Crippen LogP contribution in [0.5, 0.6) is 0 Å². The van der Waals surface area contributed by atoms with Gasteiger partial charge in [0.15, 0.2) is 0 Å². The highest BCUT2D eigenvalue weighted by molar-refractivity contribution is 5.78. The summed E-state index contributed by atoms with van der Waals surface area (Å²) in [5, 5.41) is 0. The Labute approximate surface area is 276 Å². The maximum Gasteiger partial charge on any atom is 0.133 e. The second-order valence-corrected chi connectivity index (χ2v) is 13.2. The minimum Gasteiger partial charge on any atom is -0.309 e. The highest BCUT2D eigenvalue weighted by Gasteiger charge is 2.14. The minimum absolute atomic E-state index is 0.502. The van der Waals surface area contributed by atoms with Gasteiger partial charge in [0.25, 0.3) is 0 Å². The van der Waals surface area contributed by atoms with E-state index in [1.54, 1.807) is 0 Å². The third kappa shape index (κ3) is 34.8. The van der Waals surface area contributed by atoms with Crippen LogP contribution >= 0.6 is 0 Å². The van der Waals surface area contributed by atoms with E-state index < -0.39 is 0 Å². The molecule has 0 saturated heterocycles. The molecule has 0 saturated carbocycles. The molecule has 2 heteroatoms. The summed E-state index contributed by atoms with van der Waals surface area (Å²) in [7, 11) is 4.20. The average molecular weight is 610 g/mol. The van der Waals surface area contributed by atoms with E-state index in [1.807, 2.05) is 0 Å². The van der Waals surface area contributed by atoms with Gasteiger partial charge in [0.1, 0.15) is 5.78 Å². The Morgan fingerprint density at radius 3 is 1.45 bits per heavy atom. The first-order chi connectivity index (χ1) is 21.6. The summed E-state index contributed by atoms with van der Waals surface area (Å²) >= 11 is 0. The molecule has 0 amide bonds. The van der Waals surface area contributed by atoms with Gasteiger partial charge in [-0.3, -0.25) is 4.79 Å². The van der Waals surface area contributed by atoms with Crippen molar-refractivity contribution in [3.8, 4) is 0 Å². The molecule has 0 aliphatic heterocycles. The number of Topliss-reactive ketones (excluding diaryl/α,β-unsaturated/α-hetero) is 1. The lowest BCUT2D eigenvalue weighted by Crippen LogP contribution is -2.15. The molecule has 254 valence electrons. The van der Waals surface area contributed by atoms with E-state index in [1.165, 1.54) is 122 Å². The van der Waals surface area contributed by atoms with E-state index in [4.69, 9.17) is 0 Å². The number of carbonyl (C=O) groups is 1. The van der Waals surface area contributed by atoms with Crippen LogP contribution in [0.2, 0.25) is 0 Å². The zero-order valence-electron chi connectivity index (χ0n) is 30.1. The molecule has 0 rings (SSSR count). The minimum atomic E-state index is 0.502. The summed E-state index contributed by atoms with van der Waals surface area (Å²) in [4.78, 5) is 14.9. The van der Waals surface area contributed by atoms with Crippen molar-refractivity contribution in [1.29, 1.82) is 0 Å². The maximum absolute atomic E-state index is 12.7. The molecular weight excluding hydrogens is 534 g/mol. The molecule has 0 fully saturated rings. The number of ketones is 1. The van der Waals surface area contributed by atoms with Crippen LogP contribution in [0.25, 0.3) is 0 Å².